The second-order valence-corrected chi connectivity index (χ2v) is 5.03. The first kappa shape index (κ1) is 13.5. The third-order valence-corrected chi connectivity index (χ3v) is 3.64. The molecule has 23 heavy (non-hydrogen) atoms. The summed E-state index contributed by atoms with van der Waals surface area (Å²) in [5, 5.41) is 0. The highest BCUT2D eigenvalue weighted by atomic mass is 16.5. The third kappa shape index (κ3) is 2.32. The van der Waals surface area contributed by atoms with Gasteiger partial charge in [-0.05, 0) is 30.3 Å². The summed E-state index contributed by atoms with van der Waals surface area (Å²) >= 11 is 0. The van der Waals surface area contributed by atoms with Crippen LogP contribution in [0.5, 0.6) is 5.88 Å². The van der Waals surface area contributed by atoms with Gasteiger partial charge in [0.2, 0.25) is 5.88 Å². The van der Waals surface area contributed by atoms with Crippen molar-refractivity contribution in [1.29, 1.82) is 0 Å². The van der Waals surface area contributed by atoms with Crippen LogP contribution in [0, 0.1) is 0 Å². The minimum absolute atomic E-state index is 0.581. The van der Waals surface area contributed by atoms with Crippen LogP contribution in [-0.4, -0.2) is 26.6 Å². The molecule has 0 N–H and O–H groups in total. The molecule has 0 unspecified atom stereocenters. The summed E-state index contributed by atoms with van der Waals surface area (Å²) in [6.07, 6.45) is 3.55. The summed E-state index contributed by atoms with van der Waals surface area (Å²) in [5.74, 6) is 1.37. The van der Waals surface area contributed by atoms with E-state index in [1.807, 2.05) is 54.6 Å². The highest BCUT2D eigenvalue weighted by Gasteiger charge is 2.15. The highest BCUT2D eigenvalue weighted by molar-refractivity contribution is 5.82. The first-order valence-corrected chi connectivity index (χ1v) is 7.26. The second kappa shape index (κ2) is 5.53. The van der Waals surface area contributed by atoms with Gasteiger partial charge < -0.3 is 4.74 Å². The van der Waals surface area contributed by atoms with E-state index < -0.39 is 0 Å². The lowest BCUT2D eigenvalue weighted by Gasteiger charge is -2.09. The molecule has 4 rings (SSSR count). The Labute approximate surface area is 133 Å². The average Bonchev–Trinajstić information content (AvgIpc) is 3.02. The topological polar surface area (TPSA) is 52.8 Å². The van der Waals surface area contributed by atoms with Gasteiger partial charge in [0, 0.05) is 12.3 Å². The van der Waals surface area contributed by atoms with E-state index in [-0.39, 0.29) is 0 Å². The lowest BCUT2D eigenvalue weighted by Crippen LogP contribution is -1.99. The molecule has 0 saturated carbocycles. The van der Waals surface area contributed by atoms with Crippen LogP contribution < -0.4 is 4.74 Å². The minimum Gasteiger partial charge on any atom is -0.481 e. The maximum absolute atomic E-state index is 5.14. The Bertz CT molecular complexity index is 946. The van der Waals surface area contributed by atoms with Crippen molar-refractivity contribution < 1.29 is 4.74 Å². The number of para-hydroxylation sites is 2. The summed E-state index contributed by atoms with van der Waals surface area (Å²) in [6.45, 7) is 0. The number of aromatic nitrogens is 4. The molecule has 3 heterocycles. The Morgan fingerprint density at radius 1 is 0.913 bits per heavy atom. The number of hydrogen-bond donors (Lipinski definition) is 0. The van der Waals surface area contributed by atoms with Gasteiger partial charge in [0.05, 0.1) is 30.0 Å². The van der Waals surface area contributed by atoms with E-state index in [4.69, 9.17) is 9.72 Å². The first-order valence-electron chi connectivity index (χ1n) is 7.26. The van der Waals surface area contributed by atoms with E-state index >= 15 is 0 Å². The zero-order valence-electron chi connectivity index (χ0n) is 12.5. The molecule has 0 aliphatic heterocycles. The van der Waals surface area contributed by atoms with Crippen molar-refractivity contribution in [2.75, 3.05) is 7.11 Å². The molecule has 5 heteroatoms. The van der Waals surface area contributed by atoms with E-state index in [2.05, 4.69) is 14.5 Å². The SMILES string of the molecule is COc1ccc(-n2c(-c3ccccn3)nc3ccccc32)cn1. The van der Waals surface area contributed by atoms with Gasteiger partial charge in [0.15, 0.2) is 5.82 Å². The zero-order chi connectivity index (χ0) is 15.6. The number of ether oxygens (including phenoxy) is 1. The van der Waals surface area contributed by atoms with Crippen molar-refractivity contribution >= 4 is 11.0 Å². The van der Waals surface area contributed by atoms with Crippen LogP contribution in [-0.2, 0) is 0 Å². The van der Waals surface area contributed by atoms with Crippen LogP contribution in [0.15, 0.2) is 67.0 Å². The smallest absolute Gasteiger partial charge is 0.213 e. The van der Waals surface area contributed by atoms with Gasteiger partial charge in [0.1, 0.15) is 5.69 Å². The monoisotopic (exact) mass is 302 g/mol. The minimum atomic E-state index is 0.581. The number of methoxy groups -OCH3 is 1. The Balaban J connectivity index is 1.99. The molecule has 4 aromatic rings. The molecule has 0 saturated heterocycles. The lowest BCUT2D eigenvalue weighted by atomic mass is 10.3. The van der Waals surface area contributed by atoms with Crippen molar-refractivity contribution in [3.05, 3.63) is 67.0 Å². The van der Waals surface area contributed by atoms with Gasteiger partial charge >= 0.3 is 0 Å². The fraction of sp³-hybridized carbons (Fsp3) is 0.0556. The highest BCUT2D eigenvalue weighted by Crippen LogP contribution is 2.27. The van der Waals surface area contributed by atoms with Crippen LogP contribution in [0.1, 0.15) is 0 Å². The Kier molecular flexibility index (Phi) is 3.24. The van der Waals surface area contributed by atoms with Gasteiger partial charge in [-0.2, -0.15) is 0 Å². The van der Waals surface area contributed by atoms with Gasteiger partial charge in [-0.25, -0.2) is 9.97 Å². The van der Waals surface area contributed by atoms with Crippen molar-refractivity contribution in [2.45, 2.75) is 0 Å². The van der Waals surface area contributed by atoms with E-state index in [0.717, 1.165) is 28.2 Å². The maximum atomic E-state index is 5.14. The molecule has 1 aromatic carbocycles. The average molecular weight is 302 g/mol. The van der Waals surface area contributed by atoms with Crippen LogP contribution in [0.3, 0.4) is 0 Å². The number of imidazole rings is 1. The molecule has 5 nitrogen and oxygen atoms in total. The molecule has 0 amide bonds. The summed E-state index contributed by atoms with van der Waals surface area (Å²) in [6, 6.07) is 17.6. The molecular weight excluding hydrogens is 288 g/mol. The standard InChI is InChI=1S/C18H14N4O/c1-23-17-10-9-13(12-20-17)22-16-8-3-2-6-14(16)21-18(22)15-7-4-5-11-19-15/h2-12H,1H3. The number of nitrogens with zero attached hydrogens (tertiary/aromatic N) is 4. The van der Waals surface area contributed by atoms with Gasteiger partial charge in [-0.3, -0.25) is 9.55 Å². The van der Waals surface area contributed by atoms with Crippen LogP contribution >= 0.6 is 0 Å². The van der Waals surface area contributed by atoms with E-state index in [9.17, 15) is 0 Å². The molecule has 0 aliphatic rings. The van der Waals surface area contributed by atoms with Gasteiger partial charge in [-0.15, -0.1) is 0 Å². The van der Waals surface area contributed by atoms with E-state index in [1.54, 1.807) is 19.5 Å². The van der Waals surface area contributed by atoms with Crippen molar-refractivity contribution in [3.8, 4) is 23.1 Å². The molecule has 112 valence electrons. The zero-order valence-corrected chi connectivity index (χ0v) is 12.5. The number of rotatable bonds is 3. The summed E-state index contributed by atoms with van der Waals surface area (Å²) in [7, 11) is 1.61. The quantitative estimate of drug-likeness (QED) is 0.581. The molecule has 0 aliphatic carbocycles. The number of fused-ring (bicyclic) bond motifs is 1. The van der Waals surface area contributed by atoms with Crippen molar-refractivity contribution in [1.82, 2.24) is 19.5 Å². The van der Waals surface area contributed by atoms with Crippen LogP contribution in [0.25, 0.3) is 28.2 Å². The Morgan fingerprint density at radius 3 is 2.52 bits per heavy atom. The number of hydrogen-bond acceptors (Lipinski definition) is 4. The Hall–Kier alpha value is -3.21. The van der Waals surface area contributed by atoms with Crippen LogP contribution in [0.2, 0.25) is 0 Å². The summed E-state index contributed by atoms with van der Waals surface area (Å²) in [4.78, 5) is 13.5. The predicted molar refractivity (Wildman–Crippen MR) is 88.6 cm³/mol. The molecule has 0 fully saturated rings. The van der Waals surface area contributed by atoms with Crippen molar-refractivity contribution in [2.24, 2.45) is 0 Å². The number of benzene rings is 1. The molecule has 0 radical (unpaired) electrons. The molecule has 0 spiro atoms. The second-order valence-electron chi connectivity index (χ2n) is 5.03. The molecular formula is C18H14N4O. The van der Waals surface area contributed by atoms with Gasteiger partial charge in [-0.1, -0.05) is 18.2 Å². The van der Waals surface area contributed by atoms with Crippen molar-refractivity contribution in [3.63, 3.8) is 0 Å². The van der Waals surface area contributed by atoms with Crippen LogP contribution in [0.4, 0.5) is 0 Å². The normalized spacial score (nSPS) is 10.8. The largest absolute Gasteiger partial charge is 0.481 e. The predicted octanol–water partition coefficient (Wildman–Crippen LogP) is 3.49. The molecule has 0 bridgehead atoms. The third-order valence-electron chi connectivity index (χ3n) is 3.64. The fourth-order valence-corrected chi connectivity index (χ4v) is 2.58. The fourth-order valence-electron chi connectivity index (χ4n) is 2.58. The summed E-state index contributed by atoms with van der Waals surface area (Å²) in [5.41, 5.74) is 3.67. The molecule has 3 aromatic heterocycles. The first-order chi connectivity index (χ1) is 11.4. The molecule has 0 atom stereocenters. The summed E-state index contributed by atoms with van der Waals surface area (Å²) < 4.78 is 7.20. The lowest BCUT2D eigenvalue weighted by molar-refractivity contribution is 0.398. The Morgan fingerprint density at radius 2 is 1.78 bits per heavy atom. The maximum Gasteiger partial charge on any atom is 0.213 e. The van der Waals surface area contributed by atoms with E-state index in [1.165, 1.54) is 0 Å². The van der Waals surface area contributed by atoms with E-state index in [0.29, 0.717) is 5.88 Å². The number of pyridine rings is 2. The van der Waals surface area contributed by atoms with Gasteiger partial charge in [0.25, 0.3) is 0 Å².